The van der Waals surface area contributed by atoms with E-state index in [0.29, 0.717) is 0 Å². The highest BCUT2D eigenvalue weighted by Gasteiger charge is 2.44. The van der Waals surface area contributed by atoms with Crippen LogP contribution in [0.15, 0.2) is 12.5 Å². The molecule has 4 atom stereocenters. The first-order valence-corrected chi connectivity index (χ1v) is 6.61. The SMILES string of the molecule is [2H]C([2H])(OP(=O)(O)O)[C@H]1O[C@@H](n2cncc2N)[C@H](O)[C@@H]1O. The quantitative estimate of drug-likeness (QED) is 0.403. The van der Waals surface area contributed by atoms with E-state index in [1.807, 2.05) is 0 Å². The van der Waals surface area contributed by atoms with E-state index >= 15 is 0 Å². The summed E-state index contributed by atoms with van der Waals surface area (Å²) in [4.78, 5) is 21.0. The third-order valence-corrected chi connectivity index (χ3v) is 2.84. The number of aliphatic hydroxyl groups excluding tert-OH is 2. The van der Waals surface area contributed by atoms with Crippen molar-refractivity contribution in [2.24, 2.45) is 0 Å². The summed E-state index contributed by atoms with van der Waals surface area (Å²) < 4.78 is 35.9. The lowest BCUT2D eigenvalue weighted by Gasteiger charge is -2.17. The van der Waals surface area contributed by atoms with E-state index in [1.54, 1.807) is 0 Å². The number of imidazole rings is 1. The Morgan fingerprint density at radius 1 is 1.58 bits per heavy atom. The van der Waals surface area contributed by atoms with E-state index < -0.39 is 38.9 Å². The standard InChI is InChI=1S/C8H14N3O7P/c9-5-1-10-3-11(5)8-7(13)6(12)4(18-8)2-17-19(14,15)16/h1,3-4,6-8,12-13H,2,9H2,(H2,14,15,16)/t4-,6-,7-,8-/m1/s1/i2D2. The molecule has 1 fully saturated rings. The summed E-state index contributed by atoms with van der Waals surface area (Å²) in [6.45, 7) is -3.04. The number of nitrogens with two attached hydrogens (primary N) is 1. The van der Waals surface area contributed by atoms with Gasteiger partial charge in [0.25, 0.3) is 0 Å². The number of nitrogen functional groups attached to an aromatic ring is 1. The zero-order valence-corrected chi connectivity index (χ0v) is 10.3. The van der Waals surface area contributed by atoms with Gasteiger partial charge in [-0.3, -0.25) is 9.09 Å². The Kier molecular flexibility index (Phi) is 3.21. The number of anilines is 1. The van der Waals surface area contributed by atoms with Crippen molar-refractivity contribution in [2.45, 2.75) is 24.5 Å². The fraction of sp³-hybridized carbons (Fsp3) is 0.625. The van der Waals surface area contributed by atoms with E-state index in [0.717, 1.165) is 4.57 Å². The fourth-order valence-corrected chi connectivity index (χ4v) is 1.88. The van der Waals surface area contributed by atoms with Crippen LogP contribution in [-0.4, -0.2) is 54.4 Å². The molecule has 0 unspecified atom stereocenters. The largest absolute Gasteiger partial charge is 0.469 e. The van der Waals surface area contributed by atoms with Crippen molar-refractivity contribution in [1.29, 1.82) is 0 Å². The Balaban J connectivity index is 2.24. The van der Waals surface area contributed by atoms with E-state index in [2.05, 4.69) is 9.51 Å². The lowest BCUT2D eigenvalue weighted by Crippen LogP contribution is -2.33. The molecule has 0 amide bonds. The molecular formula is C8H14N3O7P. The first kappa shape index (κ1) is 11.8. The van der Waals surface area contributed by atoms with Gasteiger partial charge in [-0.1, -0.05) is 0 Å². The van der Waals surface area contributed by atoms with Gasteiger partial charge in [-0.2, -0.15) is 0 Å². The van der Waals surface area contributed by atoms with Crippen LogP contribution in [0, 0.1) is 0 Å². The second-order valence-corrected chi connectivity index (χ2v) is 5.02. The Hall–Kier alpha value is -1.00. The van der Waals surface area contributed by atoms with Gasteiger partial charge >= 0.3 is 7.82 Å². The average molecular weight is 297 g/mol. The van der Waals surface area contributed by atoms with Crippen molar-refractivity contribution in [1.82, 2.24) is 9.55 Å². The van der Waals surface area contributed by atoms with E-state index in [9.17, 15) is 14.8 Å². The first-order valence-electron chi connectivity index (χ1n) is 6.08. The second kappa shape index (κ2) is 5.17. The first-order chi connectivity index (χ1) is 9.53. The molecule has 1 aliphatic rings. The van der Waals surface area contributed by atoms with Crippen LogP contribution in [0.2, 0.25) is 0 Å². The highest BCUT2D eigenvalue weighted by atomic mass is 31.2. The smallest absolute Gasteiger partial charge is 0.387 e. The van der Waals surface area contributed by atoms with Gasteiger partial charge in [0.05, 0.1) is 21.8 Å². The summed E-state index contributed by atoms with van der Waals surface area (Å²) in [6.07, 6.45) is -4.07. The number of phosphoric acid groups is 1. The van der Waals surface area contributed by atoms with Crippen LogP contribution in [0.5, 0.6) is 0 Å². The maximum absolute atomic E-state index is 10.8. The van der Waals surface area contributed by atoms with E-state index in [1.165, 1.54) is 12.5 Å². The Morgan fingerprint density at radius 2 is 2.26 bits per heavy atom. The van der Waals surface area contributed by atoms with Gasteiger partial charge in [0.2, 0.25) is 0 Å². The van der Waals surface area contributed by atoms with Gasteiger partial charge in [-0.05, 0) is 0 Å². The van der Waals surface area contributed by atoms with Gasteiger partial charge in [-0.15, -0.1) is 0 Å². The number of hydrogen-bond donors (Lipinski definition) is 5. The third kappa shape index (κ3) is 3.12. The molecule has 11 heteroatoms. The molecule has 2 heterocycles. The number of aliphatic hydroxyl groups is 2. The van der Waals surface area contributed by atoms with Crippen LogP contribution in [0.25, 0.3) is 0 Å². The Bertz CT molecular complexity index is 564. The van der Waals surface area contributed by atoms with Crippen LogP contribution in [0.4, 0.5) is 5.82 Å². The average Bonchev–Trinajstić information content (AvgIpc) is 2.82. The zero-order valence-electron chi connectivity index (χ0n) is 11.4. The predicted molar refractivity (Wildman–Crippen MR) is 60.6 cm³/mol. The summed E-state index contributed by atoms with van der Waals surface area (Å²) in [6, 6.07) is 0. The summed E-state index contributed by atoms with van der Waals surface area (Å²) in [5, 5.41) is 19.7. The minimum Gasteiger partial charge on any atom is -0.387 e. The molecule has 0 saturated carbocycles. The van der Waals surface area contributed by atoms with Crippen molar-refractivity contribution in [2.75, 3.05) is 12.3 Å². The normalized spacial score (nSPS) is 34.1. The van der Waals surface area contributed by atoms with Gasteiger partial charge in [-0.25, -0.2) is 9.55 Å². The molecule has 1 saturated heterocycles. The maximum Gasteiger partial charge on any atom is 0.469 e. The fourth-order valence-electron chi connectivity index (χ4n) is 1.63. The topological polar surface area (TPSA) is 160 Å². The molecule has 0 aliphatic carbocycles. The lowest BCUT2D eigenvalue weighted by molar-refractivity contribution is -0.0510. The lowest BCUT2D eigenvalue weighted by atomic mass is 10.1. The molecule has 0 bridgehead atoms. The molecular weight excluding hydrogens is 281 g/mol. The summed E-state index contributed by atoms with van der Waals surface area (Å²) >= 11 is 0. The molecule has 0 aromatic carbocycles. The van der Waals surface area contributed by atoms with Gasteiger partial charge in [0.15, 0.2) is 6.23 Å². The molecule has 1 aromatic heterocycles. The highest BCUT2D eigenvalue weighted by molar-refractivity contribution is 7.46. The van der Waals surface area contributed by atoms with Gasteiger partial charge in [0, 0.05) is 0 Å². The van der Waals surface area contributed by atoms with Crippen LogP contribution >= 0.6 is 7.82 Å². The Morgan fingerprint density at radius 3 is 2.79 bits per heavy atom. The van der Waals surface area contributed by atoms with Crippen molar-refractivity contribution in [3.63, 3.8) is 0 Å². The van der Waals surface area contributed by atoms with Crippen molar-refractivity contribution in [3.8, 4) is 0 Å². The number of phosphoric ester groups is 1. The van der Waals surface area contributed by atoms with E-state index in [-0.39, 0.29) is 5.82 Å². The van der Waals surface area contributed by atoms with Crippen LogP contribution in [0.1, 0.15) is 8.97 Å². The predicted octanol–water partition coefficient (Wildman–Crippen LogP) is -1.81. The molecule has 0 radical (unpaired) electrons. The minimum absolute atomic E-state index is 0.0865. The Labute approximate surface area is 110 Å². The van der Waals surface area contributed by atoms with Crippen LogP contribution < -0.4 is 5.73 Å². The molecule has 0 spiro atoms. The zero-order chi connectivity index (χ0) is 16.0. The van der Waals surface area contributed by atoms with Crippen LogP contribution in [0.3, 0.4) is 0 Å². The maximum atomic E-state index is 10.8. The molecule has 19 heavy (non-hydrogen) atoms. The van der Waals surface area contributed by atoms with Gasteiger partial charge in [0.1, 0.15) is 24.1 Å². The summed E-state index contributed by atoms with van der Waals surface area (Å²) in [5.74, 6) is 0.0865. The van der Waals surface area contributed by atoms with Crippen LogP contribution in [-0.2, 0) is 13.8 Å². The minimum atomic E-state index is -5.17. The summed E-state index contributed by atoms with van der Waals surface area (Å²) in [7, 11) is -5.17. The number of ether oxygens (including phenoxy) is 1. The van der Waals surface area contributed by atoms with Gasteiger partial charge < -0.3 is 30.5 Å². The summed E-state index contributed by atoms with van der Waals surface area (Å²) in [5.41, 5.74) is 5.56. The highest BCUT2D eigenvalue weighted by Crippen LogP contribution is 2.38. The molecule has 10 nitrogen and oxygen atoms in total. The second-order valence-electron chi connectivity index (χ2n) is 3.85. The number of nitrogens with zero attached hydrogens (tertiary/aromatic N) is 2. The number of aromatic nitrogens is 2. The molecule has 108 valence electrons. The number of hydrogen-bond acceptors (Lipinski definition) is 7. The number of rotatable bonds is 4. The van der Waals surface area contributed by atoms with Crippen molar-refractivity contribution in [3.05, 3.63) is 12.5 Å². The monoisotopic (exact) mass is 297 g/mol. The van der Waals surface area contributed by atoms with Crippen molar-refractivity contribution >= 4 is 13.6 Å². The molecule has 1 aliphatic heterocycles. The molecule has 2 rings (SSSR count). The third-order valence-electron chi connectivity index (χ3n) is 2.50. The van der Waals surface area contributed by atoms with Crippen molar-refractivity contribution < 1.29 is 36.6 Å². The molecule has 1 aromatic rings. The van der Waals surface area contributed by atoms with E-state index in [4.69, 9.17) is 23.0 Å². The molecule has 6 N–H and O–H groups in total.